The second-order valence-corrected chi connectivity index (χ2v) is 11.5. The number of halogens is 3. The molecule has 0 aromatic heterocycles. The minimum absolute atomic E-state index is 0.0983. The monoisotopic (exact) mass is 416 g/mol. The van der Waals surface area contributed by atoms with Gasteiger partial charge in [-0.2, -0.15) is 13.2 Å². The molecule has 0 radical (unpaired) electrons. The van der Waals surface area contributed by atoms with Gasteiger partial charge < -0.3 is 9.84 Å². The molecule has 4 aliphatic rings. The lowest BCUT2D eigenvalue weighted by molar-refractivity contribution is -0.165. The fraction of sp³-hybridized carbons (Fsp3) is 1.00. The van der Waals surface area contributed by atoms with Gasteiger partial charge in [0.25, 0.3) is 0 Å². The molecule has 0 aromatic carbocycles. The maximum atomic E-state index is 12.9. The molecule has 29 heavy (non-hydrogen) atoms. The summed E-state index contributed by atoms with van der Waals surface area (Å²) in [6.07, 6.45) is 5.08. The third kappa shape index (κ3) is 3.77. The van der Waals surface area contributed by atoms with Crippen molar-refractivity contribution in [1.29, 1.82) is 0 Å². The lowest BCUT2D eigenvalue weighted by atomic mass is 9.44. The molecule has 0 spiro atoms. The van der Waals surface area contributed by atoms with Crippen molar-refractivity contribution in [3.05, 3.63) is 0 Å². The molecule has 5 heteroatoms. The summed E-state index contributed by atoms with van der Waals surface area (Å²) in [5, 5.41) is 11.0. The van der Waals surface area contributed by atoms with E-state index < -0.39 is 18.2 Å². The highest BCUT2D eigenvalue weighted by molar-refractivity contribution is 5.10. The second kappa shape index (κ2) is 7.39. The molecule has 2 nitrogen and oxygen atoms in total. The Labute approximate surface area is 174 Å². The van der Waals surface area contributed by atoms with E-state index >= 15 is 0 Å². The van der Waals surface area contributed by atoms with Gasteiger partial charge in [0.15, 0.2) is 0 Å². The summed E-state index contributed by atoms with van der Waals surface area (Å²) in [5.41, 5.74) is -0.305. The van der Waals surface area contributed by atoms with Crippen molar-refractivity contribution in [3.63, 3.8) is 0 Å². The second-order valence-electron chi connectivity index (χ2n) is 11.5. The predicted octanol–water partition coefficient (Wildman–Crippen LogP) is 6.37. The summed E-state index contributed by atoms with van der Waals surface area (Å²) in [7, 11) is 1.67. The molecule has 0 bridgehead atoms. The van der Waals surface area contributed by atoms with Crippen molar-refractivity contribution in [2.24, 2.45) is 40.4 Å². The standard InChI is InChI=1S/C24H39F3O2/c1-21-10-9-20-18(19(21)7-5-16(21)8-11-24(25,26)27)6-4-17-14-23(28,15-29-3)13-12-22(17,20)2/h16-20,28H,4-15H2,1-3H3/t16?,17?,18?,19?,20?,21?,22?,23-/m1/s1. The van der Waals surface area contributed by atoms with Gasteiger partial charge in [-0.05, 0) is 105 Å². The van der Waals surface area contributed by atoms with E-state index in [1.54, 1.807) is 7.11 Å². The molecule has 0 heterocycles. The van der Waals surface area contributed by atoms with Crippen LogP contribution in [0.5, 0.6) is 0 Å². The molecule has 1 N–H and O–H groups in total. The summed E-state index contributed by atoms with van der Waals surface area (Å²) in [6, 6.07) is 0. The Kier molecular flexibility index (Phi) is 5.59. The molecule has 7 unspecified atom stereocenters. The molecule has 8 atom stereocenters. The minimum atomic E-state index is -4.03. The van der Waals surface area contributed by atoms with Crippen LogP contribution < -0.4 is 0 Å². The molecule has 4 rings (SSSR count). The third-order valence-corrected chi connectivity index (χ3v) is 10.2. The zero-order valence-corrected chi connectivity index (χ0v) is 18.4. The normalized spacial score (nSPS) is 50.0. The maximum Gasteiger partial charge on any atom is 0.389 e. The average Bonchev–Trinajstić information content (AvgIpc) is 2.97. The summed E-state index contributed by atoms with van der Waals surface area (Å²) in [4.78, 5) is 0. The fourth-order valence-electron chi connectivity index (χ4n) is 8.64. The fourth-order valence-corrected chi connectivity index (χ4v) is 8.64. The van der Waals surface area contributed by atoms with Crippen LogP contribution in [0.1, 0.15) is 84.5 Å². The van der Waals surface area contributed by atoms with Crippen molar-refractivity contribution in [1.82, 2.24) is 0 Å². The molecule has 4 saturated carbocycles. The number of fused-ring (bicyclic) bond motifs is 5. The molecule has 4 fully saturated rings. The predicted molar refractivity (Wildman–Crippen MR) is 107 cm³/mol. The third-order valence-electron chi connectivity index (χ3n) is 10.2. The van der Waals surface area contributed by atoms with Crippen molar-refractivity contribution in [2.75, 3.05) is 13.7 Å². The molecular weight excluding hydrogens is 377 g/mol. The van der Waals surface area contributed by atoms with Crippen molar-refractivity contribution in [2.45, 2.75) is 96.3 Å². The minimum Gasteiger partial charge on any atom is -0.387 e. The largest absolute Gasteiger partial charge is 0.389 e. The van der Waals surface area contributed by atoms with E-state index in [4.69, 9.17) is 4.74 Å². The van der Waals surface area contributed by atoms with Gasteiger partial charge in [0.1, 0.15) is 0 Å². The van der Waals surface area contributed by atoms with Gasteiger partial charge in [-0.15, -0.1) is 0 Å². The maximum absolute atomic E-state index is 12.9. The quantitative estimate of drug-likeness (QED) is 0.577. The van der Waals surface area contributed by atoms with Gasteiger partial charge in [0.05, 0.1) is 12.2 Å². The number of ether oxygens (including phenoxy) is 1. The van der Waals surface area contributed by atoms with Gasteiger partial charge in [0.2, 0.25) is 0 Å². The van der Waals surface area contributed by atoms with Crippen molar-refractivity contribution in [3.8, 4) is 0 Å². The van der Waals surface area contributed by atoms with E-state index in [9.17, 15) is 18.3 Å². The number of hydrogen-bond acceptors (Lipinski definition) is 2. The Hall–Kier alpha value is -0.290. The Balaban J connectivity index is 1.49. The van der Waals surface area contributed by atoms with Gasteiger partial charge >= 0.3 is 6.18 Å². The summed E-state index contributed by atoms with van der Waals surface area (Å²) < 4.78 is 43.9. The van der Waals surface area contributed by atoms with Crippen LogP contribution in [0.3, 0.4) is 0 Å². The SMILES string of the molecule is COC[C@@]1(O)CCC2(C)C(CCC3C4CCC(CCC(F)(F)F)C4(C)CCC32)C1. The zero-order chi connectivity index (χ0) is 21.1. The zero-order valence-electron chi connectivity index (χ0n) is 18.4. The van der Waals surface area contributed by atoms with Crippen LogP contribution in [0.25, 0.3) is 0 Å². The van der Waals surface area contributed by atoms with E-state index in [1.165, 1.54) is 6.42 Å². The van der Waals surface area contributed by atoms with Crippen LogP contribution in [0.4, 0.5) is 13.2 Å². The number of hydrogen-bond donors (Lipinski definition) is 1. The van der Waals surface area contributed by atoms with E-state index in [0.29, 0.717) is 36.7 Å². The first-order chi connectivity index (χ1) is 13.5. The molecule has 0 amide bonds. The first-order valence-corrected chi connectivity index (χ1v) is 11.8. The van der Waals surface area contributed by atoms with Gasteiger partial charge in [-0.1, -0.05) is 13.8 Å². The molecule has 4 aliphatic carbocycles. The van der Waals surface area contributed by atoms with Gasteiger partial charge in [0, 0.05) is 13.5 Å². The van der Waals surface area contributed by atoms with Crippen molar-refractivity contribution < 1.29 is 23.0 Å². The highest BCUT2D eigenvalue weighted by Gasteiger charge is 2.61. The number of methoxy groups -OCH3 is 1. The average molecular weight is 417 g/mol. The van der Waals surface area contributed by atoms with Gasteiger partial charge in [-0.25, -0.2) is 0 Å². The van der Waals surface area contributed by atoms with Gasteiger partial charge in [-0.3, -0.25) is 0 Å². The molecular formula is C24H39F3O2. The molecule has 0 saturated heterocycles. The Morgan fingerprint density at radius 2 is 1.66 bits per heavy atom. The Morgan fingerprint density at radius 1 is 0.931 bits per heavy atom. The smallest absolute Gasteiger partial charge is 0.387 e. The van der Waals surface area contributed by atoms with E-state index in [2.05, 4.69) is 13.8 Å². The highest BCUT2D eigenvalue weighted by Crippen LogP contribution is 2.68. The lowest BCUT2D eigenvalue weighted by Gasteiger charge is -2.62. The molecule has 0 aromatic rings. The van der Waals surface area contributed by atoms with E-state index in [1.807, 2.05) is 0 Å². The van der Waals surface area contributed by atoms with Crippen LogP contribution in [-0.2, 0) is 4.74 Å². The number of aliphatic hydroxyl groups is 1. The lowest BCUT2D eigenvalue weighted by Crippen LogP contribution is -2.56. The topological polar surface area (TPSA) is 29.5 Å². The summed E-state index contributed by atoms with van der Waals surface area (Å²) in [5.74, 6) is 2.72. The van der Waals surface area contributed by atoms with Crippen LogP contribution in [0, 0.1) is 40.4 Å². The Morgan fingerprint density at radius 3 is 2.34 bits per heavy atom. The van der Waals surface area contributed by atoms with Crippen LogP contribution in [-0.4, -0.2) is 30.6 Å². The van der Waals surface area contributed by atoms with Crippen LogP contribution in [0.15, 0.2) is 0 Å². The van der Waals surface area contributed by atoms with Crippen molar-refractivity contribution >= 4 is 0 Å². The molecule has 168 valence electrons. The summed E-state index contributed by atoms with van der Waals surface area (Å²) >= 11 is 0. The number of rotatable bonds is 4. The van der Waals surface area contributed by atoms with Crippen LogP contribution in [0.2, 0.25) is 0 Å². The highest BCUT2D eigenvalue weighted by atomic mass is 19.4. The van der Waals surface area contributed by atoms with E-state index in [0.717, 1.165) is 51.4 Å². The first kappa shape index (κ1) is 21.9. The Bertz CT molecular complexity index is 607. The van der Waals surface area contributed by atoms with Crippen LogP contribution >= 0.6 is 0 Å². The van der Waals surface area contributed by atoms with E-state index in [-0.39, 0.29) is 16.7 Å². The number of alkyl halides is 3. The molecule has 0 aliphatic heterocycles. The first-order valence-electron chi connectivity index (χ1n) is 11.8. The summed E-state index contributed by atoms with van der Waals surface area (Å²) in [6.45, 7) is 5.20.